The fraction of sp³-hybridized carbons (Fsp3) is 0.524. The van der Waals surface area contributed by atoms with Gasteiger partial charge >= 0.3 is 0 Å². The molecule has 2 amide bonds. The number of amides is 2. The van der Waals surface area contributed by atoms with E-state index in [4.69, 9.17) is 9.57 Å². The number of nitrogens with one attached hydrogen (secondary N) is 2. The minimum atomic E-state index is -0.888. The van der Waals surface area contributed by atoms with Gasteiger partial charge in [0.15, 0.2) is 0 Å². The summed E-state index contributed by atoms with van der Waals surface area (Å²) in [5, 5.41) is 29.2. The average Bonchev–Trinajstić information content (AvgIpc) is 3.50. The van der Waals surface area contributed by atoms with Crippen LogP contribution in [0.3, 0.4) is 0 Å². The van der Waals surface area contributed by atoms with Gasteiger partial charge in [-0.3, -0.25) is 14.4 Å². The van der Waals surface area contributed by atoms with Gasteiger partial charge in [-0.15, -0.1) is 0 Å². The van der Waals surface area contributed by atoms with Crippen molar-refractivity contribution < 1.29 is 29.4 Å². The number of ether oxygens (including phenoxy) is 1. The molecule has 3 saturated carbocycles. The van der Waals surface area contributed by atoms with Crippen LogP contribution in [0, 0.1) is 29.1 Å². The number of hydrogen-bond donors (Lipinski definition) is 4. The van der Waals surface area contributed by atoms with Crippen LogP contribution in [0.25, 0.3) is 11.1 Å². The Bertz CT molecular complexity index is 1730. The first-order valence-electron chi connectivity index (χ1n) is 18.7. The number of methoxy groups -OCH3 is 1. The van der Waals surface area contributed by atoms with Crippen LogP contribution in [0.1, 0.15) is 62.0 Å². The molecule has 3 aromatic rings. The molecule has 1 saturated heterocycles. The number of rotatable bonds is 13. The molecule has 4 N–H and O–H groups in total. The molecule has 0 unspecified atom stereocenters. The molecule has 7 rings (SSSR count). The lowest BCUT2D eigenvalue weighted by Crippen LogP contribution is -2.62. The molecule has 1 heterocycles. The number of hydrogen-bond acceptors (Lipinski definition) is 8. The highest BCUT2D eigenvalue weighted by atomic mass is 16.7. The third-order valence-corrected chi connectivity index (χ3v) is 12.3. The second kappa shape index (κ2) is 15.6. The van der Waals surface area contributed by atoms with E-state index in [0.717, 1.165) is 40.8 Å². The first-order valence-corrected chi connectivity index (χ1v) is 18.7. The topological polar surface area (TPSA) is 124 Å². The summed E-state index contributed by atoms with van der Waals surface area (Å²) in [5.41, 5.74) is 5.26. The molecule has 0 aromatic heterocycles. The Kier molecular flexibility index (Phi) is 11.3. The predicted octanol–water partition coefficient (Wildman–Crippen LogP) is 5.06. The van der Waals surface area contributed by atoms with Gasteiger partial charge in [0.25, 0.3) is 5.91 Å². The van der Waals surface area contributed by atoms with Crippen molar-refractivity contribution in [3.05, 3.63) is 83.4 Å². The van der Waals surface area contributed by atoms with Crippen LogP contribution in [0.4, 0.5) is 5.69 Å². The average molecular weight is 713 g/mol. The molecule has 8 atom stereocenters. The Hall–Kier alpha value is -3.96. The maximum atomic E-state index is 14.2. The minimum absolute atomic E-state index is 0.0478. The minimum Gasteiger partial charge on any atom is -0.496 e. The van der Waals surface area contributed by atoms with Crippen molar-refractivity contribution in [1.82, 2.24) is 15.7 Å². The molecule has 3 aliphatic carbocycles. The van der Waals surface area contributed by atoms with Gasteiger partial charge in [-0.1, -0.05) is 75.4 Å². The van der Waals surface area contributed by atoms with Gasteiger partial charge in [0, 0.05) is 49.4 Å². The molecular formula is C42H56N4O6. The lowest BCUT2D eigenvalue weighted by molar-refractivity contribution is -0.183. The second-order valence-corrected chi connectivity index (χ2v) is 15.9. The number of benzene rings is 3. The number of carbonyl (C=O) groups excluding carboxylic acids is 2. The summed E-state index contributed by atoms with van der Waals surface area (Å²) >= 11 is 0. The van der Waals surface area contributed by atoms with Gasteiger partial charge in [0.05, 0.1) is 31.9 Å². The molecule has 4 aliphatic rings. The summed E-state index contributed by atoms with van der Waals surface area (Å²) in [5.74, 6) is 1.13. The Morgan fingerprint density at radius 3 is 2.46 bits per heavy atom. The van der Waals surface area contributed by atoms with Crippen molar-refractivity contribution in [2.45, 2.75) is 77.8 Å². The van der Waals surface area contributed by atoms with Gasteiger partial charge in [0.2, 0.25) is 5.91 Å². The maximum absolute atomic E-state index is 14.2. The largest absolute Gasteiger partial charge is 0.496 e. The third kappa shape index (κ3) is 7.31. The smallest absolute Gasteiger partial charge is 0.253 e. The van der Waals surface area contributed by atoms with Crippen LogP contribution in [-0.4, -0.2) is 85.7 Å². The zero-order valence-corrected chi connectivity index (χ0v) is 31.6. The SMILES string of the molecule is COc1c(CN2O[C@@H](CO)[C@H]([C@H](C)O)[C@H]2C(=O)N[C@H]2C[C@H]3C[C@@H]([C@@H]2C)C3(C)C)cccc1-c1ccc(C(=O)NCCc2ccccc2)c(N(C)C)c1. The van der Waals surface area contributed by atoms with Gasteiger partial charge < -0.3 is 30.5 Å². The molecule has 1 aliphatic heterocycles. The van der Waals surface area contributed by atoms with Crippen molar-refractivity contribution in [1.29, 1.82) is 0 Å². The van der Waals surface area contributed by atoms with E-state index in [1.165, 1.54) is 6.42 Å². The summed E-state index contributed by atoms with van der Waals surface area (Å²) in [7, 11) is 5.44. The van der Waals surface area contributed by atoms with E-state index in [1.807, 2.05) is 73.6 Å². The summed E-state index contributed by atoms with van der Waals surface area (Å²) in [6.07, 6.45) is 1.26. The second-order valence-electron chi connectivity index (χ2n) is 15.9. The van der Waals surface area contributed by atoms with Crippen molar-refractivity contribution in [2.75, 3.05) is 39.3 Å². The number of fused-ring (bicyclic) bond motifs is 2. The van der Waals surface area contributed by atoms with E-state index in [1.54, 1.807) is 19.1 Å². The van der Waals surface area contributed by atoms with Crippen LogP contribution in [0.5, 0.6) is 5.75 Å². The quantitative estimate of drug-likeness (QED) is 0.194. The van der Waals surface area contributed by atoms with Crippen LogP contribution in [0.2, 0.25) is 0 Å². The number of nitrogens with zero attached hydrogens (tertiary/aromatic N) is 2. The number of carbonyl (C=O) groups is 2. The fourth-order valence-corrected chi connectivity index (χ4v) is 9.15. The highest BCUT2D eigenvalue weighted by Gasteiger charge is 2.57. The number of hydroxylamine groups is 2. The van der Waals surface area contributed by atoms with Gasteiger partial charge in [-0.25, -0.2) is 0 Å². The van der Waals surface area contributed by atoms with Gasteiger partial charge in [-0.05, 0) is 72.6 Å². The zero-order chi connectivity index (χ0) is 37.3. The van der Waals surface area contributed by atoms with E-state index < -0.39 is 24.2 Å². The molecule has 10 heteroatoms. The molecule has 0 spiro atoms. The van der Waals surface area contributed by atoms with Crippen LogP contribution >= 0.6 is 0 Å². The zero-order valence-electron chi connectivity index (χ0n) is 31.6. The molecule has 3 aromatic carbocycles. The van der Waals surface area contributed by atoms with Gasteiger partial charge in [0.1, 0.15) is 17.9 Å². The molecule has 10 nitrogen and oxygen atoms in total. The summed E-state index contributed by atoms with van der Waals surface area (Å²) in [6.45, 7) is 8.95. The van der Waals surface area contributed by atoms with E-state index in [0.29, 0.717) is 35.6 Å². The van der Waals surface area contributed by atoms with Crippen molar-refractivity contribution in [3.8, 4) is 16.9 Å². The van der Waals surface area contributed by atoms with E-state index >= 15 is 0 Å². The lowest BCUT2D eigenvalue weighted by atomic mass is 9.45. The number of aliphatic hydroxyl groups excluding tert-OH is 2. The Balaban J connectivity index is 1.23. The first-order chi connectivity index (χ1) is 24.8. The molecular weight excluding hydrogens is 656 g/mol. The number of para-hydroxylation sites is 1. The van der Waals surface area contributed by atoms with Crippen molar-refractivity contribution in [2.24, 2.45) is 29.1 Å². The number of aliphatic hydroxyl groups is 2. The van der Waals surface area contributed by atoms with Gasteiger partial charge in [-0.2, -0.15) is 5.06 Å². The Morgan fingerprint density at radius 1 is 1.08 bits per heavy atom. The molecule has 4 fully saturated rings. The van der Waals surface area contributed by atoms with E-state index in [9.17, 15) is 19.8 Å². The highest BCUT2D eigenvalue weighted by molar-refractivity contribution is 6.00. The monoisotopic (exact) mass is 712 g/mol. The van der Waals surface area contributed by atoms with Crippen LogP contribution < -0.4 is 20.3 Å². The lowest BCUT2D eigenvalue weighted by Gasteiger charge is -2.62. The summed E-state index contributed by atoms with van der Waals surface area (Å²) in [4.78, 5) is 35.7. The molecule has 52 heavy (non-hydrogen) atoms. The number of anilines is 1. The molecule has 2 bridgehead atoms. The van der Waals surface area contributed by atoms with E-state index in [2.05, 4.69) is 43.5 Å². The Morgan fingerprint density at radius 2 is 1.83 bits per heavy atom. The van der Waals surface area contributed by atoms with E-state index in [-0.39, 0.29) is 36.4 Å². The van der Waals surface area contributed by atoms with Crippen molar-refractivity contribution >= 4 is 17.5 Å². The first kappa shape index (κ1) is 37.8. The highest BCUT2D eigenvalue weighted by Crippen LogP contribution is 2.61. The fourth-order valence-electron chi connectivity index (χ4n) is 9.15. The molecule has 0 radical (unpaired) electrons. The standard InChI is InChI=1S/C42H56N4O6/c1-25-33-21-30(42(33,3)4)22-34(25)44-41(50)38-37(26(2)48)36(24-47)52-46(38)23-29-14-11-15-31(39(29)51-7)28-16-17-32(35(20-28)45(5)6)40(49)43-19-18-27-12-9-8-10-13-27/h8-17,20,25-26,30,33-34,36-38,47-48H,18-19,21-24H2,1-7H3,(H,43,49)(H,44,50)/t25-,26-,30+,33-,34-,36-,37-,38-/m0/s1. The van der Waals surface area contributed by atoms with Crippen LogP contribution in [-0.2, 0) is 22.6 Å². The molecule has 280 valence electrons. The Labute approximate surface area is 308 Å². The normalized spacial score (nSPS) is 27.0. The summed E-state index contributed by atoms with van der Waals surface area (Å²) < 4.78 is 6.03. The third-order valence-electron chi connectivity index (χ3n) is 12.3. The van der Waals surface area contributed by atoms with Crippen molar-refractivity contribution in [3.63, 3.8) is 0 Å². The van der Waals surface area contributed by atoms with Crippen LogP contribution in [0.15, 0.2) is 66.7 Å². The maximum Gasteiger partial charge on any atom is 0.253 e. The summed E-state index contributed by atoms with van der Waals surface area (Å²) in [6, 6.07) is 20.9. The predicted molar refractivity (Wildman–Crippen MR) is 203 cm³/mol.